The maximum atomic E-state index is 10.6. The summed E-state index contributed by atoms with van der Waals surface area (Å²) in [4.78, 5) is 14.5. The summed E-state index contributed by atoms with van der Waals surface area (Å²) in [6.45, 7) is 1.94. The van der Waals surface area contributed by atoms with Crippen LogP contribution in [0.1, 0.15) is 6.92 Å². The van der Waals surface area contributed by atoms with Gasteiger partial charge < -0.3 is 4.57 Å². The zero-order chi connectivity index (χ0) is 7.56. The van der Waals surface area contributed by atoms with Crippen LogP contribution in [0.15, 0.2) is 17.1 Å². The van der Waals surface area contributed by atoms with Gasteiger partial charge in [0.05, 0.1) is 6.54 Å². The topological polar surface area (TPSA) is 34.9 Å². The molecule has 0 saturated carbocycles. The van der Waals surface area contributed by atoms with E-state index >= 15 is 0 Å². The fraction of sp³-hybridized carbons (Fsp3) is 0.333. The number of aromatic nitrogens is 2. The number of imidazole rings is 1. The van der Waals surface area contributed by atoms with Gasteiger partial charge in [-0.05, 0) is 22.9 Å². The minimum atomic E-state index is 0.124. The Morgan fingerprint density at radius 3 is 3.00 bits per heavy atom. The Balaban J connectivity index is 2.74. The Kier molecular flexibility index (Phi) is 2.21. The molecular formula is C6H7BrN2O. The summed E-state index contributed by atoms with van der Waals surface area (Å²) in [6, 6.07) is 0. The molecule has 4 heteroatoms. The van der Waals surface area contributed by atoms with Crippen LogP contribution in [0.3, 0.4) is 0 Å². The van der Waals surface area contributed by atoms with Gasteiger partial charge >= 0.3 is 0 Å². The smallest absolute Gasteiger partial charge is 0.177 e. The van der Waals surface area contributed by atoms with E-state index in [2.05, 4.69) is 20.9 Å². The molecule has 0 aliphatic rings. The Labute approximate surface area is 67.2 Å². The maximum Gasteiger partial charge on any atom is 0.177 e. The van der Waals surface area contributed by atoms with Crippen LogP contribution < -0.4 is 0 Å². The molecule has 1 aromatic heterocycles. The number of carbonyl (C=O) groups excluding carboxylic acids is 1. The molecule has 1 heterocycles. The van der Waals surface area contributed by atoms with Crippen LogP contribution in [-0.2, 0) is 11.3 Å². The third-order valence-corrected chi connectivity index (χ3v) is 1.72. The molecule has 0 unspecified atom stereocenters. The highest BCUT2D eigenvalue weighted by atomic mass is 79.9. The van der Waals surface area contributed by atoms with E-state index in [1.807, 2.05) is 0 Å². The molecule has 3 nitrogen and oxygen atoms in total. The van der Waals surface area contributed by atoms with E-state index in [0.717, 1.165) is 0 Å². The second-order valence-electron chi connectivity index (χ2n) is 2.03. The van der Waals surface area contributed by atoms with E-state index in [9.17, 15) is 4.79 Å². The van der Waals surface area contributed by atoms with Crippen molar-refractivity contribution in [2.75, 3.05) is 0 Å². The Hall–Kier alpha value is -0.640. The van der Waals surface area contributed by atoms with Crippen molar-refractivity contribution in [3.63, 3.8) is 0 Å². The molecule has 1 aromatic rings. The molecule has 0 amide bonds. The van der Waals surface area contributed by atoms with Gasteiger partial charge in [-0.25, -0.2) is 4.98 Å². The van der Waals surface area contributed by atoms with E-state index in [0.29, 0.717) is 11.3 Å². The van der Waals surface area contributed by atoms with Gasteiger partial charge in [-0.15, -0.1) is 0 Å². The number of halogens is 1. The van der Waals surface area contributed by atoms with Gasteiger partial charge in [0.25, 0.3) is 0 Å². The molecule has 0 spiro atoms. The van der Waals surface area contributed by atoms with Crippen LogP contribution in [0, 0.1) is 0 Å². The van der Waals surface area contributed by atoms with Crippen molar-refractivity contribution in [1.82, 2.24) is 9.55 Å². The number of carbonyl (C=O) groups is 1. The van der Waals surface area contributed by atoms with Crippen molar-refractivity contribution in [1.29, 1.82) is 0 Å². The van der Waals surface area contributed by atoms with Crippen molar-refractivity contribution in [2.24, 2.45) is 0 Å². The minimum Gasteiger partial charge on any atom is -0.318 e. The second kappa shape index (κ2) is 2.96. The van der Waals surface area contributed by atoms with Gasteiger partial charge in [-0.3, -0.25) is 4.79 Å². The molecular weight excluding hydrogens is 196 g/mol. The second-order valence-corrected chi connectivity index (χ2v) is 2.74. The zero-order valence-corrected chi connectivity index (χ0v) is 7.13. The Morgan fingerprint density at radius 2 is 2.60 bits per heavy atom. The van der Waals surface area contributed by atoms with Crippen LogP contribution in [-0.4, -0.2) is 15.3 Å². The van der Waals surface area contributed by atoms with Crippen LogP contribution >= 0.6 is 15.9 Å². The molecule has 0 aromatic carbocycles. The standard InChI is InChI=1S/C6H7BrN2O/c1-5(10)4-9-3-2-8-6(9)7/h2-3H,4H2,1H3. The van der Waals surface area contributed by atoms with Crippen molar-refractivity contribution in [3.8, 4) is 0 Å². The fourth-order valence-corrected chi connectivity index (χ4v) is 1.03. The highest BCUT2D eigenvalue weighted by Gasteiger charge is 1.99. The molecule has 54 valence electrons. The summed E-state index contributed by atoms with van der Waals surface area (Å²) in [5.41, 5.74) is 0. The number of Topliss-reactive ketones (excluding diaryl/α,β-unsaturated/α-hetero) is 1. The molecule has 0 N–H and O–H groups in total. The van der Waals surface area contributed by atoms with E-state index < -0.39 is 0 Å². The first kappa shape index (κ1) is 7.47. The lowest BCUT2D eigenvalue weighted by atomic mass is 10.4. The van der Waals surface area contributed by atoms with Crippen LogP contribution in [0.25, 0.3) is 0 Å². The average molecular weight is 203 g/mol. The van der Waals surface area contributed by atoms with Crippen molar-refractivity contribution >= 4 is 21.7 Å². The molecule has 0 fully saturated rings. The molecule has 10 heavy (non-hydrogen) atoms. The predicted molar refractivity (Wildman–Crippen MR) is 40.6 cm³/mol. The van der Waals surface area contributed by atoms with Gasteiger partial charge in [0.1, 0.15) is 5.78 Å². The minimum absolute atomic E-state index is 0.124. The normalized spacial score (nSPS) is 9.80. The lowest BCUT2D eigenvalue weighted by Crippen LogP contribution is -2.04. The van der Waals surface area contributed by atoms with E-state index in [-0.39, 0.29) is 5.78 Å². The van der Waals surface area contributed by atoms with Crippen LogP contribution in [0.4, 0.5) is 0 Å². The summed E-state index contributed by atoms with van der Waals surface area (Å²) in [6.07, 6.45) is 3.40. The van der Waals surface area contributed by atoms with E-state index in [1.54, 1.807) is 23.9 Å². The average Bonchev–Trinajstić information content (AvgIpc) is 2.15. The van der Waals surface area contributed by atoms with Gasteiger partial charge in [0.15, 0.2) is 4.73 Å². The molecule has 0 saturated heterocycles. The largest absolute Gasteiger partial charge is 0.318 e. The third-order valence-electron chi connectivity index (χ3n) is 1.06. The number of nitrogens with zero attached hydrogens (tertiary/aromatic N) is 2. The zero-order valence-electron chi connectivity index (χ0n) is 5.54. The third kappa shape index (κ3) is 1.67. The summed E-state index contributed by atoms with van der Waals surface area (Å²) < 4.78 is 2.44. The van der Waals surface area contributed by atoms with Gasteiger partial charge in [-0.1, -0.05) is 0 Å². The lowest BCUT2D eigenvalue weighted by Gasteiger charge is -1.97. The van der Waals surface area contributed by atoms with Crippen molar-refractivity contribution in [3.05, 3.63) is 17.1 Å². The van der Waals surface area contributed by atoms with E-state index in [1.165, 1.54) is 0 Å². The fourth-order valence-electron chi connectivity index (χ4n) is 0.669. The molecule has 0 radical (unpaired) electrons. The summed E-state index contributed by atoms with van der Waals surface area (Å²) in [5, 5.41) is 0. The molecule has 0 aliphatic carbocycles. The summed E-state index contributed by atoms with van der Waals surface area (Å²) in [7, 11) is 0. The van der Waals surface area contributed by atoms with Crippen molar-refractivity contribution in [2.45, 2.75) is 13.5 Å². The first-order chi connectivity index (χ1) is 4.70. The number of hydrogen-bond donors (Lipinski definition) is 0. The first-order valence-corrected chi connectivity index (χ1v) is 3.65. The van der Waals surface area contributed by atoms with Gasteiger partial charge in [0, 0.05) is 12.4 Å². The monoisotopic (exact) mass is 202 g/mol. The molecule has 1 rings (SSSR count). The number of rotatable bonds is 2. The molecule has 0 aliphatic heterocycles. The number of hydrogen-bond acceptors (Lipinski definition) is 2. The highest BCUT2D eigenvalue weighted by molar-refractivity contribution is 9.10. The summed E-state index contributed by atoms with van der Waals surface area (Å²) >= 11 is 3.19. The molecule has 0 atom stereocenters. The summed E-state index contributed by atoms with van der Waals surface area (Å²) in [5.74, 6) is 0.124. The first-order valence-electron chi connectivity index (χ1n) is 2.86. The maximum absolute atomic E-state index is 10.6. The van der Waals surface area contributed by atoms with Crippen LogP contribution in [0.2, 0.25) is 0 Å². The lowest BCUT2D eigenvalue weighted by molar-refractivity contribution is -0.117. The quantitative estimate of drug-likeness (QED) is 0.724. The van der Waals surface area contributed by atoms with E-state index in [4.69, 9.17) is 0 Å². The Morgan fingerprint density at radius 1 is 1.90 bits per heavy atom. The van der Waals surface area contributed by atoms with Gasteiger partial charge in [0.2, 0.25) is 0 Å². The highest BCUT2D eigenvalue weighted by Crippen LogP contribution is 2.04. The SMILES string of the molecule is CC(=O)Cn1ccnc1Br. The van der Waals surface area contributed by atoms with Crippen LogP contribution in [0.5, 0.6) is 0 Å². The number of ketones is 1. The molecule has 0 bridgehead atoms. The van der Waals surface area contributed by atoms with Crippen molar-refractivity contribution < 1.29 is 4.79 Å². The Bertz CT molecular complexity index is 244. The van der Waals surface area contributed by atoms with Gasteiger partial charge in [-0.2, -0.15) is 0 Å². The predicted octanol–water partition coefficient (Wildman–Crippen LogP) is 1.23.